The molecule has 6 nitrogen and oxygen atoms in total. The number of anilines is 1. The van der Waals surface area contributed by atoms with Gasteiger partial charge in [0.25, 0.3) is 5.91 Å². The average molecular weight is 501 g/mol. The van der Waals surface area contributed by atoms with Crippen LogP contribution in [0.5, 0.6) is 0 Å². The molecule has 144 valence electrons. The monoisotopic (exact) mass is 499 g/mol. The van der Waals surface area contributed by atoms with Crippen molar-refractivity contribution < 1.29 is 13.2 Å². The van der Waals surface area contributed by atoms with E-state index in [-0.39, 0.29) is 22.1 Å². The van der Waals surface area contributed by atoms with Gasteiger partial charge in [-0.15, -0.1) is 0 Å². The maximum Gasteiger partial charge on any atom is 0.258 e. The summed E-state index contributed by atoms with van der Waals surface area (Å²) < 4.78 is 26.3. The first-order chi connectivity index (χ1) is 13.2. The third kappa shape index (κ3) is 3.69. The summed E-state index contributed by atoms with van der Waals surface area (Å²) in [6.45, 7) is 0. The lowest BCUT2D eigenvalue weighted by Gasteiger charge is -2.12. The quantitative estimate of drug-likeness (QED) is 0.568. The lowest BCUT2D eigenvalue weighted by atomic mass is 10.2. The van der Waals surface area contributed by atoms with Crippen molar-refractivity contribution in [1.82, 2.24) is 9.78 Å². The zero-order valence-electron chi connectivity index (χ0n) is 14.1. The highest BCUT2D eigenvalue weighted by molar-refractivity contribution is 9.10. The molecule has 2 aromatic carbocycles. The Morgan fingerprint density at radius 3 is 2.68 bits per heavy atom. The highest BCUT2D eigenvalue weighted by Crippen LogP contribution is 2.34. The molecule has 1 amide bonds. The molecular formula is C18H12BrCl2N3O3S. The SMILES string of the molecule is O=C(Nc1c2c(nn1-c1cccc(Cl)c1)CS(=O)(=O)C2)c1cc(Br)ccc1Cl. The van der Waals surface area contributed by atoms with Crippen LogP contribution in [-0.2, 0) is 21.3 Å². The number of rotatable bonds is 3. The van der Waals surface area contributed by atoms with E-state index in [1.54, 1.807) is 42.5 Å². The standard InChI is InChI=1S/C18H12BrCl2N3O3S/c19-10-4-5-15(21)13(6-10)18(25)22-17-14-8-28(26,27)9-16(14)23-24(17)12-3-1-2-11(20)7-12/h1-7H,8-9H2,(H,22,25). The third-order valence-electron chi connectivity index (χ3n) is 4.25. The summed E-state index contributed by atoms with van der Waals surface area (Å²) in [5, 5.41) is 7.96. The van der Waals surface area contributed by atoms with Crippen LogP contribution in [0, 0.1) is 0 Å². The van der Waals surface area contributed by atoms with Crippen LogP contribution in [0.15, 0.2) is 46.9 Å². The molecule has 2 heterocycles. The van der Waals surface area contributed by atoms with Crippen LogP contribution in [0.2, 0.25) is 10.0 Å². The van der Waals surface area contributed by atoms with Crippen LogP contribution < -0.4 is 5.32 Å². The second-order valence-corrected chi connectivity index (χ2v) is 10.1. The number of carbonyl (C=O) groups is 1. The van der Waals surface area contributed by atoms with Crippen LogP contribution >= 0.6 is 39.1 Å². The van der Waals surface area contributed by atoms with E-state index >= 15 is 0 Å². The number of halogens is 3. The van der Waals surface area contributed by atoms with Crippen molar-refractivity contribution in [3.63, 3.8) is 0 Å². The molecule has 1 aromatic heterocycles. The first-order valence-corrected chi connectivity index (χ1v) is 11.4. The summed E-state index contributed by atoms with van der Waals surface area (Å²) in [4.78, 5) is 12.9. The fourth-order valence-electron chi connectivity index (χ4n) is 3.01. The Bertz CT molecular complexity index is 1220. The zero-order valence-corrected chi connectivity index (χ0v) is 18.0. The molecule has 0 spiro atoms. The summed E-state index contributed by atoms with van der Waals surface area (Å²) in [6.07, 6.45) is 0. The molecule has 0 bridgehead atoms. The number of benzene rings is 2. The first-order valence-electron chi connectivity index (χ1n) is 8.07. The molecule has 0 saturated heterocycles. The maximum atomic E-state index is 12.9. The van der Waals surface area contributed by atoms with Gasteiger partial charge in [-0.3, -0.25) is 4.79 Å². The molecule has 10 heteroatoms. The predicted molar refractivity (Wildman–Crippen MR) is 112 cm³/mol. The van der Waals surface area contributed by atoms with Gasteiger partial charge >= 0.3 is 0 Å². The molecule has 0 saturated carbocycles. The number of carbonyl (C=O) groups excluding carboxylic acids is 1. The van der Waals surface area contributed by atoms with Gasteiger partial charge in [-0.2, -0.15) is 5.10 Å². The summed E-state index contributed by atoms with van der Waals surface area (Å²) >= 11 is 15.5. The van der Waals surface area contributed by atoms with Gasteiger partial charge in [-0.05, 0) is 36.4 Å². The Hall–Kier alpha value is -1.87. The van der Waals surface area contributed by atoms with Gasteiger partial charge in [0.2, 0.25) is 0 Å². The van der Waals surface area contributed by atoms with Gasteiger partial charge in [0.05, 0.1) is 33.5 Å². The molecule has 0 aliphatic carbocycles. The predicted octanol–water partition coefficient (Wildman–Crippen LogP) is 4.62. The lowest BCUT2D eigenvalue weighted by molar-refractivity contribution is 0.102. The fourth-order valence-corrected chi connectivity index (χ4v) is 5.25. The molecular weight excluding hydrogens is 489 g/mol. The van der Waals surface area contributed by atoms with Crippen molar-refractivity contribution in [3.05, 3.63) is 73.8 Å². The van der Waals surface area contributed by atoms with Crippen LogP contribution in [0.25, 0.3) is 5.69 Å². The van der Waals surface area contributed by atoms with Crippen molar-refractivity contribution in [2.45, 2.75) is 11.5 Å². The van der Waals surface area contributed by atoms with Gasteiger partial charge < -0.3 is 5.32 Å². The highest BCUT2D eigenvalue weighted by atomic mass is 79.9. The number of sulfone groups is 1. The number of nitrogens with one attached hydrogen (secondary N) is 1. The topological polar surface area (TPSA) is 81.1 Å². The first kappa shape index (κ1) is 19.4. The number of fused-ring (bicyclic) bond motifs is 1. The van der Waals surface area contributed by atoms with E-state index in [0.29, 0.717) is 32.3 Å². The molecule has 0 unspecified atom stereocenters. The van der Waals surface area contributed by atoms with E-state index in [1.165, 1.54) is 4.68 Å². The molecule has 1 aliphatic heterocycles. The Morgan fingerprint density at radius 2 is 1.93 bits per heavy atom. The fraction of sp³-hybridized carbons (Fsp3) is 0.111. The molecule has 0 radical (unpaired) electrons. The maximum absolute atomic E-state index is 12.9. The number of amides is 1. The smallest absolute Gasteiger partial charge is 0.258 e. The molecule has 0 atom stereocenters. The minimum Gasteiger partial charge on any atom is -0.306 e. The minimum atomic E-state index is -3.29. The van der Waals surface area contributed by atoms with E-state index in [4.69, 9.17) is 23.2 Å². The van der Waals surface area contributed by atoms with Crippen LogP contribution in [0.1, 0.15) is 21.6 Å². The Kier molecular flexibility index (Phi) is 4.99. The summed E-state index contributed by atoms with van der Waals surface area (Å²) in [5.74, 6) is -0.540. The lowest BCUT2D eigenvalue weighted by Crippen LogP contribution is -2.17. The van der Waals surface area contributed by atoms with E-state index in [2.05, 4.69) is 26.3 Å². The molecule has 1 N–H and O–H groups in total. The van der Waals surface area contributed by atoms with Crippen LogP contribution in [-0.4, -0.2) is 24.1 Å². The zero-order chi connectivity index (χ0) is 20.1. The molecule has 3 aromatic rings. The average Bonchev–Trinajstić information content (AvgIpc) is 3.09. The normalized spacial score (nSPS) is 14.7. The van der Waals surface area contributed by atoms with Crippen molar-refractivity contribution in [2.75, 3.05) is 5.32 Å². The largest absolute Gasteiger partial charge is 0.306 e. The Balaban J connectivity index is 1.81. The van der Waals surface area contributed by atoms with E-state index < -0.39 is 15.7 Å². The van der Waals surface area contributed by atoms with Crippen LogP contribution in [0.3, 0.4) is 0 Å². The van der Waals surface area contributed by atoms with Crippen molar-refractivity contribution in [2.24, 2.45) is 0 Å². The van der Waals surface area contributed by atoms with Gasteiger partial charge in [0, 0.05) is 15.1 Å². The molecule has 0 fully saturated rings. The summed E-state index contributed by atoms with van der Waals surface area (Å²) in [6, 6.07) is 11.8. The van der Waals surface area contributed by atoms with Gasteiger partial charge in [0.15, 0.2) is 9.84 Å². The summed E-state index contributed by atoms with van der Waals surface area (Å²) in [7, 11) is -3.29. The summed E-state index contributed by atoms with van der Waals surface area (Å²) in [5.41, 5.74) is 1.74. The second kappa shape index (κ2) is 7.18. The third-order valence-corrected chi connectivity index (χ3v) is 6.75. The Morgan fingerprint density at radius 1 is 1.14 bits per heavy atom. The number of nitrogens with zero attached hydrogens (tertiary/aromatic N) is 2. The number of aromatic nitrogens is 2. The molecule has 28 heavy (non-hydrogen) atoms. The van der Waals surface area contributed by atoms with Gasteiger partial charge in [0.1, 0.15) is 5.82 Å². The van der Waals surface area contributed by atoms with Crippen molar-refractivity contribution >= 4 is 60.7 Å². The van der Waals surface area contributed by atoms with Crippen molar-refractivity contribution in [3.8, 4) is 5.69 Å². The molecule has 1 aliphatic rings. The second-order valence-electron chi connectivity index (χ2n) is 6.28. The molecule has 4 rings (SSSR count). The van der Waals surface area contributed by atoms with Crippen LogP contribution in [0.4, 0.5) is 5.82 Å². The van der Waals surface area contributed by atoms with E-state index in [0.717, 1.165) is 0 Å². The number of hydrogen-bond acceptors (Lipinski definition) is 4. The Labute approximate surface area is 179 Å². The van der Waals surface area contributed by atoms with Crippen molar-refractivity contribution in [1.29, 1.82) is 0 Å². The minimum absolute atomic E-state index is 0.170. The van der Waals surface area contributed by atoms with E-state index in [1.807, 2.05) is 0 Å². The highest BCUT2D eigenvalue weighted by Gasteiger charge is 2.33. The van der Waals surface area contributed by atoms with E-state index in [9.17, 15) is 13.2 Å². The number of hydrogen-bond donors (Lipinski definition) is 1. The van der Waals surface area contributed by atoms with Gasteiger partial charge in [-0.25, -0.2) is 13.1 Å². The van der Waals surface area contributed by atoms with Gasteiger partial charge in [-0.1, -0.05) is 45.2 Å².